The van der Waals surface area contributed by atoms with Crippen molar-refractivity contribution in [2.45, 2.75) is 17.3 Å². The van der Waals surface area contributed by atoms with Crippen LogP contribution in [0.5, 0.6) is 0 Å². The van der Waals surface area contributed by atoms with Crippen molar-refractivity contribution in [3.8, 4) is 5.69 Å². The molecule has 5 rings (SSSR count). The first kappa shape index (κ1) is 22.3. The molecule has 0 aliphatic carbocycles. The number of benzene rings is 2. The van der Waals surface area contributed by atoms with Gasteiger partial charge in [-0.15, -0.1) is 15.3 Å². The van der Waals surface area contributed by atoms with Gasteiger partial charge in [-0.05, 0) is 29.8 Å². The van der Waals surface area contributed by atoms with Crippen molar-refractivity contribution >= 4 is 40.4 Å². The summed E-state index contributed by atoms with van der Waals surface area (Å²) < 4.78 is 21.2. The first-order valence-corrected chi connectivity index (χ1v) is 11.1. The molecule has 0 aliphatic rings. The highest BCUT2D eigenvalue weighted by molar-refractivity contribution is 7.98. The van der Waals surface area contributed by atoms with Crippen LogP contribution >= 0.6 is 11.8 Å². The first-order valence-electron chi connectivity index (χ1n) is 10.1. The second kappa shape index (κ2) is 9.06. The standard InChI is InChI=1S/C21H15FN8O4S/c1-34-17(31)10-16-18-19(28(26-16)14-8-4-13(22)5-9-14)29-20(25-24-18)23-21(27-29)35-11-12-2-6-15(7-3-12)30(32)33/h2-9H,10-11H2,1H3. The number of nitro groups is 1. The number of carbonyl (C=O) groups excluding carboxylic acids is 1. The van der Waals surface area contributed by atoms with Gasteiger partial charge in [0.25, 0.3) is 11.5 Å². The van der Waals surface area contributed by atoms with Gasteiger partial charge >= 0.3 is 5.97 Å². The Morgan fingerprint density at radius 3 is 2.54 bits per heavy atom. The Labute approximate surface area is 199 Å². The first-order chi connectivity index (χ1) is 16.9. The normalized spacial score (nSPS) is 11.3. The van der Waals surface area contributed by atoms with E-state index in [1.165, 1.54) is 64.5 Å². The van der Waals surface area contributed by atoms with Crippen LogP contribution in [-0.4, -0.2) is 52.6 Å². The van der Waals surface area contributed by atoms with Crippen molar-refractivity contribution in [1.82, 2.24) is 34.6 Å². The fourth-order valence-corrected chi connectivity index (χ4v) is 4.11. The number of nitrogens with zero attached hydrogens (tertiary/aromatic N) is 8. The quantitative estimate of drug-likeness (QED) is 0.143. The van der Waals surface area contributed by atoms with E-state index >= 15 is 0 Å². The molecule has 0 amide bonds. The number of carbonyl (C=O) groups is 1. The van der Waals surface area contributed by atoms with Gasteiger partial charge in [-0.3, -0.25) is 14.9 Å². The number of ether oxygens (including phenoxy) is 1. The summed E-state index contributed by atoms with van der Waals surface area (Å²) in [6, 6.07) is 11.9. The van der Waals surface area contributed by atoms with Crippen molar-refractivity contribution in [3.63, 3.8) is 0 Å². The van der Waals surface area contributed by atoms with E-state index in [1.54, 1.807) is 12.1 Å². The third-order valence-corrected chi connectivity index (χ3v) is 5.95. The lowest BCUT2D eigenvalue weighted by Gasteiger charge is -2.03. The van der Waals surface area contributed by atoms with E-state index in [0.29, 0.717) is 33.5 Å². The van der Waals surface area contributed by atoms with E-state index in [-0.39, 0.29) is 17.9 Å². The number of fused-ring (bicyclic) bond motifs is 3. The summed E-state index contributed by atoms with van der Waals surface area (Å²) in [5.41, 5.74) is 2.43. The second-order valence-corrected chi connectivity index (χ2v) is 8.22. The van der Waals surface area contributed by atoms with E-state index < -0.39 is 16.7 Å². The third-order valence-electron chi connectivity index (χ3n) is 5.04. The van der Waals surface area contributed by atoms with Crippen LogP contribution in [0.4, 0.5) is 10.1 Å². The van der Waals surface area contributed by atoms with Crippen LogP contribution in [0.25, 0.3) is 22.6 Å². The lowest BCUT2D eigenvalue weighted by molar-refractivity contribution is -0.384. The van der Waals surface area contributed by atoms with Gasteiger partial charge in [-0.1, -0.05) is 23.9 Å². The lowest BCUT2D eigenvalue weighted by Crippen LogP contribution is -2.06. The number of halogens is 1. The molecule has 0 saturated heterocycles. The molecule has 0 spiro atoms. The fraction of sp³-hybridized carbons (Fsp3) is 0.143. The maximum Gasteiger partial charge on any atom is 0.311 e. The van der Waals surface area contributed by atoms with Crippen LogP contribution in [0.3, 0.4) is 0 Å². The minimum Gasteiger partial charge on any atom is -0.469 e. The predicted molar refractivity (Wildman–Crippen MR) is 122 cm³/mol. The zero-order valence-corrected chi connectivity index (χ0v) is 18.8. The molecular formula is C21H15FN8O4S. The lowest BCUT2D eigenvalue weighted by atomic mass is 10.2. The Balaban J connectivity index is 1.54. The van der Waals surface area contributed by atoms with Gasteiger partial charge in [0.05, 0.1) is 24.1 Å². The number of aromatic nitrogens is 7. The summed E-state index contributed by atoms with van der Waals surface area (Å²) in [5.74, 6) is -0.237. The van der Waals surface area contributed by atoms with Crippen molar-refractivity contribution in [2.75, 3.05) is 7.11 Å². The number of hydrogen-bond donors (Lipinski definition) is 0. The molecule has 12 nitrogen and oxygen atoms in total. The molecule has 0 bridgehead atoms. The number of hydrogen-bond acceptors (Lipinski definition) is 10. The molecule has 0 fully saturated rings. The molecule has 5 aromatic rings. The van der Waals surface area contributed by atoms with Gasteiger partial charge in [-0.25, -0.2) is 9.07 Å². The van der Waals surface area contributed by atoms with E-state index in [0.717, 1.165) is 5.56 Å². The molecule has 3 heterocycles. The molecule has 0 unspecified atom stereocenters. The predicted octanol–water partition coefficient (Wildman–Crippen LogP) is 2.91. The molecule has 35 heavy (non-hydrogen) atoms. The Morgan fingerprint density at radius 2 is 1.86 bits per heavy atom. The number of methoxy groups -OCH3 is 1. The zero-order valence-electron chi connectivity index (χ0n) is 18.0. The number of non-ortho nitro benzene ring substituents is 1. The van der Waals surface area contributed by atoms with Gasteiger partial charge < -0.3 is 4.74 Å². The molecule has 0 saturated carbocycles. The van der Waals surface area contributed by atoms with Gasteiger partial charge in [-0.2, -0.15) is 14.6 Å². The van der Waals surface area contributed by atoms with Crippen molar-refractivity contribution < 1.29 is 18.8 Å². The Morgan fingerprint density at radius 1 is 1.11 bits per heavy atom. The summed E-state index contributed by atoms with van der Waals surface area (Å²) in [7, 11) is 1.28. The number of thioether (sulfide) groups is 1. The molecule has 0 N–H and O–H groups in total. The highest BCUT2D eigenvalue weighted by atomic mass is 32.2. The molecule has 176 valence electrons. The SMILES string of the molecule is COC(=O)Cc1nn(-c2ccc(F)cc2)c2c1nnc1nc(SCc3ccc([N+](=O)[O-])cc3)nn12. The van der Waals surface area contributed by atoms with Gasteiger partial charge in [0.1, 0.15) is 11.5 Å². The van der Waals surface area contributed by atoms with E-state index in [9.17, 15) is 19.3 Å². The van der Waals surface area contributed by atoms with Crippen LogP contribution in [0, 0.1) is 15.9 Å². The Bertz CT molecular complexity index is 1570. The minimum atomic E-state index is -0.504. The number of rotatable bonds is 7. The van der Waals surface area contributed by atoms with Crippen molar-refractivity contribution in [1.29, 1.82) is 0 Å². The van der Waals surface area contributed by atoms with Gasteiger partial charge in [0.2, 0.25) is 5.16 Å². The monoisotopic (exact) mass is 494 g/mol. The fourth-order valence-electron chi connectivity index (χ4n) is 3.34. The van der Waals surface area contributed by atoms with Crippen LogP contribution in [-0.2, 0) is 21.7 Å². The summed E-state index contributed by atoms with van der Waals surface area (Å²) >= 11 is 1.31. The van der Waals surface area contributed by atoms with E-state index in [1.807, 2.05) is 0 Å². The Hall–Kier alpha value is -4.46. The summed E-state index contributed by atoms with van der Waals surface area (Å²) in [6.07, 6.45) is -0.141. The summed E-state index contributed by atoms with van der Waals surface area (Å²) in [5, 5.41) is 28.6. The van der Waals surface area contributed by atoms with Gasteiger partial charge in [0, 0.05) is 17.9 Å². The number of esters is 1. The van der Waals surface area contributed by atoms with Crippen molar-refractivity contribution in [3.05, 3.63) is 75.7 Å². The average molecular weight is 494 g/mol. The minimum absolute atomic E-state index is 0.0130. The highest BCUT2D eigenvalue weighted by Gasteiger charge is 2.22. The van der Waals surface area contributed by atoms with Crippen LogP contribution in [0.15, 0.2) is 53.7 Å². The third kappa shape index (κ3) is 4.38. The van der Waals surface area contributed by atoms with Crippen LogP contribution < -0.4 is 0 Å². The molecule has 0 radical (unpaired) electrons. The van der Waals surface area contributed by atoms with Crippen molar-refractivity contribution in [2.24, 2.45) is 0 Å². The summed E-state index contributed by atoms with van der Waals surface area (Å²) in [4.78, 5) is 26.7. The smallest absolute Gasteiger partial charge is 0.311 e. The van der Waals surface area contributed by atoms with E-state index in [2.05, 4.69) is 25.4 Å². The topological polar surface area (TPSA) is 143 Å². The van der Waals surface area contributed by atoms with Crippen LogP contribution in [0.1, 0.15) is 11.3 Å². The molecule has 0 atom stereocenters. The average Bonchev–Trinajstić information content (AvgIpc) is 3.44. The molecule has 14 heteroatoms. The highest BCUT2D eigenvalue weighted by Crippen LogP contribution is 2.25. The van der Waals surface area contributed by atoms with Gasteiger partial charge in [0.15, 0.2) is 11.2 Å². The maximum absolute atomic E-state index is 13.5. The molecule has 2 aromatic carbocycles. The molecule has 3 aromatic heterocycles. The molecule has 0 aliphatic heterocycles. The second-order valence-electron chi connectivity index (χ2n) is 7.28. The maximum atomic E-state index is 13.5. The molecular weight excluding hydrogens is 479 g/mol. The number of nitro benzene ring substituents is 1. The van der Waals surface area contributed by atoms with E-state index in [4.69, 9.17) is 4.74 Å². The zero-order chi connectivity index (χ0) is 24.5. The largest absolute Gasteiger partial charge is 0.469 e. The van der Waals surface area contributed by atoms with Crippen LogP contribution in [0.2, 0.25) is 0 Å². The Kier molecular flexibility index (Phi) is 5.78. The summed E-state index contributed by atoms with van der Waals surface area (Å²) in [6.45, 7) is 0.